The first-order valence-corrected chi connectivity index (χ1v) is 7.58. The van der Waals surface area contributed by atoms with E-state index >= 15 is 0 Å². The first-order valence-electron chi connectivity index (χ1n) is 6.10. The fraction of sp³-hybridized carbons (Fsp3) is 0.417. The Bertz CT molecular complexity index is 669. The lowest BCUT2D eigenvalue weighted by Gasteiger charge is -2.10. The highest BCUT2D eigenvalue weighted by atomic mass is 32.2. The van der Waals surface area contributed by atoms with E-state index in [-0.39, 0.29) is 17.2 Å². The normalized spacial score (nSPS) is 11.2. The first kappa shape index (κ1) is 17.1. The second-order valence-electron chi connectivity index (χ2n) is 4.27. The van der Waals surface area contributed by atoms with Gasteiger partial charge in [-0.25, -0.2) is 8.42 Å². The third-order valence-electron chi connectivity index (χ3n) is 2.82. The summed E-state index contributed by atoms with van der Waals surface area (Å²) in [7, 11) is -4.04. The number of carbonyl (C=O) groups excluding carboxylic acids is 1. The minimum absolute atomic E-state index is 0.134. The van der Waals surface area contributed by atoms with E-state index in [0.717, 1.165) is 6.07 Å². The number of non-ortho nitro benzene ring substituents is 1. The lowest BCUT2D eigenvalue weighted by atomic mass is 10.1. The van der Waals surface area contributed by atoms with Crippen LogP contribution in [0.15, 0.2) is 17.0 Å². The molecule has 0 heterocycles. The number of benzene rings is 1. The number of hydrogen-bond donors (Lipinski definition) is 1. The van der Waals surface area contributed by atoms with Gasteiger partial charge in [0.05, 0.1) is 16.4 Å². The summed E-state index contributed by atoms with van der Waals surface area (Å²) < 4.78 is 31.0. The second-order valence-corrected chi connectivity index (χ2v) is 6.01. The molecule has 0 atom stereocenters. The van der Waals surface area contributed by atoms with E-state index in [1.54, 1.807) is 13.8 Å². The van der Waals surface area contributed by atoms with E-state index in [9.17, 15) is 23.3 Å². The van der Waals surface area contributed by atoms with Gasteiger partial charge < -0.3 is 4.74 Å². The molecule has 1 aromatic carbocycles. The summed E-state index contributed by atoms with van der Waals surface area (Å²) in [5.41, 5.74) is 0.535. The Hall–Kier alpha value is -2.00. The van der Waals surface area contributed by atoms with Gasteiger partial charge in [0.2, 0.25) is 10.0 Å². The van der Waals surface area contributed by atoms with Crippen LogP contribution in [0.3, 0.4) is 0 Å². The Balaban J connectivity index is 3.13. The van der Waals surface area contributed by atoms with Crippen LogP contribution in [0.2, 0.25) is 0 Å². The number of nitrogens with one attached hydrogen (secondary N) is 1. The van der Waals surface area contributed by atoms with Crippen LogP contribution < -0.4 is 4.72 Å². The van der Waals surface area contributed by atoms with Crippen molar-refractivity contribution in [2.75, 3.05) is 13.2 Å². The number of sulfonamides is 1. The van der Waals surface area contributed by atoms with Crippen molar-refractivity contribution in [1.82, 2.24) is 4.72 Å². The van der Waals surface area contributed by atoms with Gasteiger partial charge in [-0.2, -0.15) is 4.72 Å². The monoisotopic (exact) mass is 316 g/mol. The quantitative estimate of drug-likeness (QED) is 0.476. The van der Waals surface area contributed by atoms with Crippen molar-refractivity contribution in [3.63, 3.8) is 0 Å². The number of aryl methyl sites for hydroxylation is 1. The molecule has 0 aliphatic heterocycles. The molecule has 1 aromatic rings. The van der Waals surface area contributed by atoms with Gasteiger partial charge in [0.25, 0.3) is 5.69 Å². The van der Waals surface area contributed by atoms with Crippen LogP contribution in [0.4, 0.5) is 5.69 Å². The molecule has 9 heteroatoms. The number of ether oxygens (including phenoxy) is 1. The molecule has 0 unspecified atom stereocenters. The van der Waals surface area contributed by atoms with Crippen molar-refractivity contribution in [3.8, 4) is 0 Å². The fourth-order valence-corrected chi connectivity index (χ4v) is 2.94. The van der Waals surface area contributed by atoms with Gasteiger partial charge in [-0.05, 0) is 31.9 Å². The summed E-state index contributed by atoms with van der Waals surface area (Å²) in [6.07, 6.45) is 0. The summed E-state index contributed by atoms with van der Waals surface area (Å²) in [6, 6.07) is 2.26. The average Bonchev–Trinajstić information content (AvgIpc) is 2.39. The molecule has 0 saturated carbocycles. The maximum absolute atomic E-state index is 12.1. The minimum Gasteiger partial charge on any atom is -0.465 e. The second kappa shape index (κ2) is 6.64. The number of nitrogens with zero attached hydrogens (tertiary/aromatic N) is 1. The smallest absolute Gasteiger partial charge is 0.321 e. The van der Waals surface area contributed by atoms with Gasteiger partial charge >= 0.3 is 5.97 Å². The van der Waals surface area contributed by atoms with Crippen molar-refractivity contribution in [1.29, 1.82) is 0 Å². The fourth-order valence-electron chi connectivity index (χ4n) is 1.64. The minimum atomic E-state index is -4.04. The number of esters is 1. The Labute approximate surface area is 122 Å². The lowest BCUT2D eigenvalue weighted by molar-refractivity contribution is -0.385. The van der Waals surface area contributed by atoms with Gasteiger partial charge in [-0.3, -0.25) is 14.9 Å². The Kier molecular flexibility index (Phi) is 5.39. The maximum atomic E-state index is 12.1. The van der Waals surface area contributed by atoms with E-state index in [1.807, 2.05) is 0 Å². The van der Waals surface area contributed by atoms with Crippen molar-refractivity contribution in [2.24, 2.45) is 0 Å². The number of carbonyl (C=O) groups is 1. The molecule has 21 heavy (non-hydrogen) atoms. The van der Waals surface area contributed by atoms with E-state index in [4.69, 9.17) is 0 Å². The van der Waals surface area contributed by atoms with Gasteiger partial charge in [-0.1, -0.05) is 0 Å². The molecule has 0 spiro atoms. The number of hydrogen-bond acceptors (Lipinski definition) is 6. The summed E-state index contributed by atoms with van der Waals surface area (Å²) in [4.78, 5) is 21.1. The lowest BCUT2D eigenvalue weighted by Crippen LogP contribution is -2.31. The Morgan fingerprint density at radius 2 is 2.00 bits per heavy atom. The number of nitro benzene ring substituents is 1. The van der Waals surface area contributed by atoms with E-state index in [1.165, 1.54) is 13.0 Å². The van der Waals surface area contributed by atoms with Crippen LogP contribution in [0, 0.1) is 24.0 Å². The summed E-state index contributed by atoms with van der Waals surface area (Å²) >= 11 is 0. The van der Waals surface area contributed by atoms with Crippen molar-refractivity contribution in [3.05, 3.63) is 33.4 Å². The first-order chi connectivity index (χ1) is 9.69. The number of nitro groups is 1. The molecule has 8 nitrogen and oxygen atoms in total. The zero-order chi connectivity index (χ0) is 16.2. The molecular weight excluding hydrogens is 300 g/mol. The van der Waals surface area contributed by atoms with Gasteiger partial charge in [0, 0.05) is 12.1 Å². The molecule has 116 valence electrons. The topological polar surface area (TPSA) is 116 Å². The maximum Gasteiger partial charge on any atom is 0.321 e. The molecule has 0 aliphatic carbocycles. The SMILES string of the molecule is CCOC(=O)CNS(=O)(=O)c1cc([N+](=O)[O-])cc(C)c1C. The van der Waals surface area contributed by atoms with Gasteiger partial charge in [0.1, 0.15) is 6.54 Å². The standard InChI is InChI=1S/C12H16N2O6S/c1-4-20-12(15)7-13-21(18,19)11-6-10(14(16)17)5-8(2)9(11)3/h5-6,13H,4,7H2,1-3H3. The molecule has 0 saturated heterocycles. The highest BCUT2D eigenvalue weighted by molar-refractivity contribution is 7.89. The van der Waals surface area contributed by atoms with Crippen molar-refractivity contribution in [2.45, 2.75) is 25.7 Å². The predicted molar refractivity (Wildman–Crippen MR) is 74.4 cm³/mol. The van der Waals surface area contributed by atoms with Crippen LogP contribution in [0.1, 0.15) is 18.1 Å². The summed E-state index contributed by atoms with van der Waals surface area (Å²) in [5.74, 6) is -0.721. The van der Waals surface area contributed by atoms with E-state index in [2.05, 4.69) is 9.46 Å². The summed E-state index contributed by atoms with van der Waals surface area (Å²) in [6.45, 7) is 4.32. The Morgan fingerprint density at radius 3 is 2.52 bits per heavy atom. The van der Waals surface area contributed by atoms with E-state index < -0.39 is 27.5 Å². The molecule has 0 aromatic heterocycles. The largest absolute Gasteiger partial charge is 0.465 e. The molecule has 1 rings (SSSR count). The summed E-state index contributed by atoms with van der Waals surface area (Å²) in [5, 5.41) is 10.8. The molecule has 0 bridgehead atoms. The molecule has 0 aliphatic rings. The van der Waals surface area contributed by atoms with Crippen LogP contribution in [0.5, 0.6) is 0 Å². The van der Waals surface area contributed by atoms with Crippen LogP contribution in [-0.4, -0.2) is 32.5 Å². The van der Waals surface area contributed by atoms with E-state index in [0.29, 0.717) is 11.1 Å². The third-order valence-corrected chi connectivity index (χ3v) is 4.34. The zero-order valence-corrected chi connectivity index (χ0v) is 12.7. The van der Waals surface area contributed by atoms with Crippen molar-refractivity contribution >= 4 is 21.7 Å². The molecule has 0 amide bonds. The third kappa shape index (κ3) is 4.23. The highest BCUT2D eigenvalue weighted by Gasteiger charge is 2.23. The van der Waals surface area contributed by atoms with Crippen LogP contribution >= 0.6 is 0 Å². The van der Waals surface area contributed by atoms with Crippen LogP contribution in [-0.2, 0) is 19.6 Å². The predicted octanol–water partition coefficient (Wildman–Crippen LogP) is 1.05. The molecule has 0 radical (unpaired) electrons. The van der Waals surface area contributed by atoms with Gasteiger partial charge in [0.15, 0.2) is 0 Å². The Morgan fingerprint density at radius 1 is 1.38 bits per heavy atom. The molecule has 0 fully saturated rings. The van der Waals surface area contributed by atoms with Crippen molar-refractivity contribution < 1.29 is 22.9 Å². The van der Waals surface area contributed by atoms with Gasteiger partial charge in [-0.15, -0.1) is 0 Å². The zero-order valence-electron chi connectivity index (χ0n) is 11.9. The molecular formula is C12H16N2O6S. The highest BCUT2D eigenvalue weighted by Crippen LogP contribution is 2.25. The van der Waals surface area contributed by atoms with Crippen LogP contribution in [0.25, 0.3) is 0 Å². The number of rotatable bonds is 6. The molecule has 1 N–H and O–H groups in total. The average molecular weight is 316 g/mol.